The third kappa shape index (κ3) is 13.9. The number of ether oxygens (including phenoxy) is 4. The number of benzene rings is 2. The van der Waals surface area contributed by atoms with Crippen LogP contribution in [0.2, 0.25) is 0 Å². The maximum atomic E-state index is 13.7. The van der Waals surface area contributed by atoms with Gasteiger partial charge in [0, 0.05) is 87.0 Å². The van der Waals surface area contributed by atoms with Crippen LogP contribution in [0, 0.1) is 35.5 Å². The van der Waals surface area contributed by atoms with Crippen molar-refractivity contribution in [1.82, 2.24) is 41.2 Å². The molecule has 0 spiro atoms. The minimum atomic E-state index is -0.506. The summed E-state index contributed by atoms with van der Waals surface area (Å²) in [7, 11) is 3.34. The van der Waals surface area contributed by atoms with Crippen molar-refractivity contribution >= 4 is 46.6 Å². The van der Waals surface area contributed by atoms with E-state index < -0.39 is 12.1 Å². The van der Waals surface area contributed by atoms with Crippen LogP contribution in [0.1, 0.15) is 134 Å². The van der Waals surface area contributed by atoms with E-state index in [1.165, 1.54) is 0 Å². The van der Waals surface area contributed by atoms with E-state index in [0.717, 1.165) is 102 Å². The van der Waals surface area contributed by atoms with Crippen LogP contribution in [0.3, 0.4) is 0 Å². The predicted molar refractivity (Wildman–Crippen MR) is 312 cm³/mol. The van der Waals surface area contributed by atoms with E-state index in [4.69, 9.17) is 38.9 Å². The zero-order valence-corrected chi connectivity index (χ0v) is 47.8. The Morgan fingerprint density at radius 1 is 0.573 bits per heavy atom. The van der Waals surface area contributed by atoms with Crippen molar-refractivity contribution in [2.45, 2.75) is 114 Å². The van der Waals surface area contributed by atoms with Crippen molar-refractivity contribution in [2.75, 3.05) is 113 Å². The molecule has 10 rings (SSSR count). The molecule has 82 heavy (non-hydrogen) atoms. The van der Waals surface area contributed by atoms with Crippen LogP contribution < -0.4 is 40.9 Å². The number of aromatic nitrogens is 4. The smallest absolute Gasteiger partial charge is 0.251 e. The normalized spacial score (nSPS) is 23.0. The highest BCUT2D eigenvalue weighted by Gasteiger charge is 2.47. The Hall–Kier alpha value is -7.36. The first-order valence-electron chi connectivity index (χ1n) is 29.4. The molecule has 20 nitrogen and oxygen atoms in total. The summed E-state index contributed by atoms with van der Waals surface area (Å²) >= 11 is 0. The highest BCUT2D eigenvalue weighted by Crippen LogP contribution is 2.44. The molecule has 434 valence electrons. The number of carbonyl (C=O) groups excluding carboxylic acids is 4. The van der Waals surface area contributed by atoms with Gasteiger partial charge in [-0.2, -0.15) is 0 Å². The standard InChI is InChI=1S/C62H78N12O8/c1-41(65-59(75)43-17-21-47(22-18-43)71-25-31-81-32-26-71)49-39-57(73-51-13-7-5-11-45(51)37-53(73)61(77)63-3)69-55(67-49)15-9-29-79-35-36-80-30-10-16-56-68-50(40-58(70-56)74-52-14-8-6-12-46(52)38-54(74)62(78)64-4)42(2)66-60(76)44-19-23-48(24-20-44)72-27-33-82-34-28-72/h17-24,39-42,45-46,51-54H,5-8,11-14,25-38H2,1-4H3,(H,63,77)(H,64,78)(H,65,75)(H,66,76)/t41-,42-,45-,46?,51-,52-,53-,54-/m0/s1. The number of nitrogens with one attached hydrogen (secondary N) is 4. The van der Waals surface area contributed by atoms with Gasteiger partial charge in [-0.1, -0.05) is 37.5 Å². The molecule has 6 aliphatic rings. The molecule has 4 N–H and O–H groups in total. The van der Waals surface area contributed by atoms with Crippen LogP contribution >= 0.6 is 0 Å². The Balaban J connectivity index is 0.791. The van der Waals surface area contributed by atoms with Crippen molar-refractivity contribution < 1.29 is 38.1 Å². The van der Waals surface area contributed by atoms with E-state index in [0.29, 0.717) is 72.4 Å². The van der Waals surface area contributed by atoms with E-state index in [1.807, 2.05) is 74.5 Å². The molecule has 4 aliphatic heterocycles. The van der Waals surface area contributed by atoms with Gasteiger partial charge in [0.05, 0.1) is 63.1 Å². The average Bonchev–Trinajstić information content (AvgIpc) is 3.95. The van der Waals surface area contributed by atoms with Gasteiger partial charge in [-0.25, -0.2) is 19.9 Å². The zero-order valence-electron chi connectivity index (χ0n) is 47.8. The fraction of sp³-hybridized carbons (Fsp3) is 0.548. The fourth-order valence-corrected chi connectivity index (χ4v) is 12.7. The Morgan fingerprint density at radius 2 is 0.963 bits per heavy atom. The Kier molecular flexibility index (Phi) is 19.5. The molecule has 2 saturated carbocycles. The number of rotatable bonds is 17. The van der Waals surface area contributed by atoms with Crippen LogP contribution in [-0.2, 0) is 28.5 Å². The summed E-state index contributed by atoms with van der Waals surface area (Å²) in [5, 5.41) is 12.0. The molecular formula is C62H78N12O8. The van der Waals surface area contributed by atoms with Crippen molar-refractivity contribution in [3.63, 3.8) is 0 Å². The van der Waals surface area contributed by atoms with Crippen LogP contribution in [0.5, 0.6) is 0 Å². The second-order valence-electron chi connectivity index (χ2n) is 22.1. The van der Waals surface area contributed by atoms with Gasteiger partial charge < -0.3 is 59.8 Å². The van der Waals surface area contributed by atoms with E-state index in [9.17, 15) is 19.2 Å². The molecule has 2 aliphatic carbocycles. The first-order valence-corrected chi connectivity index (χ1v) is 29.4. The summed E-state index contributed by atoms with van der Waals surface area (Å²) in [6, 6.07) is 17.5. The van der Waals surface area contributed by atoms with Crippen molar-refractivity contribution in [3.8, 4) is 23.7 Å². The van der Waals surface area contributed by atoms with Gasteiger partial charge in [-0.15, -0.1) is 0 Å². The van der Waals surface area contributed by atoms with Crippen molar-refractivity contribution in [3.05, 3.63) is 94.8 Å². The number of amides is 4. The highest BCUT2D eigenvalue weighted by atomic mass is 16.5. The topological polar surface area (TPSA) is 218 Å². The van der Waals surface area contributed by atoms with Gasteiger partial charge in [0.2, 0.25) is 23.5 Å². The number of anilines is 4. The van der Waals surface area contributed by atoms with E-state index in [1.54, 1.807) is 14.1 Å². The number of carbonyl (C=O) groups is 4. The van der Waals surface area contributed by atoms with E-state index in [2.05, 4.69) is 64.5 Å². The Labute approximate surface area is 481 Å². The van der Waals surface area contributed by atoms with Crippen LogP contribution in [0.4, 0.5) is 23.0 Å². The summed E-state index contributed by atoms with van der Waals surface area (Å²) in [5.41, 5.74) is 4.32. The molecule has 20 heteroatoms. The monoisotopic (exact) mass is 1120 g/mol. The van der Waals surface area contributed by atoms with Gasteiger partial charge in [-0.3, -0.25) is 19.2 Å². The maximum Gasteiger partial charge on any atom is 0.251 e. The lowest BCUT2D eigenvalue weighted by atomic mass is 9.84. The van der Waals surface area contributed by atoms with Gasteiger partial charge in [0.15, 0.2) is 0 Å². The number of hydrogen-bond donors (Lipinski definition) is 4. The molecular weight excluding hydrogens is 1040 g/mol. The molecule has 2 aromatic heterocycles. The first kappa shape index (κ1) is 57.9. The van der Waals surface area contributed by atoms with Crippen LogP contribution in [0.15, 0.2) is 60.7 Å². The largest absolute Gasteiger partial charge is 0.378 e. The summed E-state index contributed by atoms with van der Waals surface area (Å²) in [5.74, 6) is 14.3. The molecule has 6 heterocycles. The minimum Gasteiger partial charge on any atom is -0.378 e. The fourth-order valence-electron chi connectivity index (χ4n) is 12.7. The number of hydrogen-bond acceptors (Lipinski definition) is 16. The predicted octanol–water partition coefficient (Wildman–Crippen LogP) is 5.13. The second-order valence-corrected chi connectivity index (χ2v) is 22.1. The minimum absolute atomic E-state index is 0.0518. The third-order valence-corrected chi connectivity index (χ3v) is 17.0. The van der Waals surface area contributed by atoms with Gasteiger partial charge in [0.1, 0.15) is 36.9 Å². The third-order valence-electron chi connectivity index (χ3n) is 17.0. The second kappa shape index (κ2) is 27.6. The lowest BCUT2D eigenvalue weighted by Crippen LogP contribution is -2.46. The molecule has 2 aromatic carbocycles. The summed E-state index contributed by atoms with van der Waals surface area (Å²) in [6.07, 6.45) is 9.96. The first-order chi connectivity index (χ1) is 40.0. The lowest BCUT2D eigenvalue weighted by Gasteiger charge is -2.34. The number of fused-ring (bicyclic) bond motifs is 2. The molecule has 4 amide bonds. The molecule has 1 unspecified atom stereocenters. The molecule has 4 saturated heterocycles. The summed E-state index contributed by atoms with van der Waals surface area (Å²) in [4.78, 5) is 82.5. The molecule has 0 radical (unpaired) electrons. The van der Waals surface area contributed by atoms with Gasteiger partial charge in [-0.05, 0) is 125 Å². The van der Waals surface area contributed by atoms with Crippen LogP contribution in [0.25, 0.3) is 0 Å². The number of morpholine rings is 2. The number of nitrogens with zero attached hydrogens (tertiary/aromatic N) is 8. The van der Waals surface area contributed by atoms with Crippen molar-refractivity contribution in [1.29, 1.82) is 0 Å². The zero-order chi connectivity index (χ0) is 57.0. The molecule has 0 bridgehead atoms. The molecule has 4 aromatic rings. The Morgan fingerprint density at radius 3 is 1.35 bits per heavy atom. The molecule has 8 atom stereocenters. The lowest BCUT2D eigenvalue weighted by molar-refractivity contribution is -0.122. The summed E-state index contributed by atoms with van der Waals surface area (Å²) in [6.45, 7) is 10.3. The quantitative estimate of drug-likeness (QED) is 0.0797. The van der Waals surface area contributed by atoms with E-state index in [-0.39, 0.29) is 85.9 Å². The molecule has 6 fully saturated rings. The van der Waals surface area contributed by atoms with Gasteiger partial charge in [0.25, 0.3) is 11.8 Å². The maximum absolute atomic E-state index is 13.7. The average molecular weight is 1120 g/mol. The van der Waals surface area contributed by atoms with Crippen LogP contribution in [-0.4, -0.2) is 161 Å². The Bertz CT molecular complexity index is 2800. The van der Waals surface area contributed by atoms with Crippen molar-refractivity contribution in [2.24, 2.45) is 11.8 Å². The highest BCUT2D eigenvalue weighted by molar-refractivity contribution is 5.95. The SMILES string of the molecule is CNC(=O)[C@@H]1CC2CCCC[C@@H]2N1c1cc([C@H](C)NC(=O)c2ccc(N3CCOCC3)cc2)nc(C#CCOCCOCC#Cc2nc([C@H](C)NC(=O)c3ccc(N4CCOCC4)cc3)cc(N3[C@H](C(=O)NC)C[C@@H]4CCCC[C@@H]43)n2)n1. The number of likely N-dealkylation sites (N-methyl/N-ethyl adjacent to an activating group) is 2. The van der Waals surface area contributed by atoms with E-state index >= 15 is 0 Å². The van der Waals surface area contributed by atoms with Gasteiger partial charge >= 0.3 is 0 Å². The summed E-state index contributed by atoms with van der Waals surface area (Å²) < 4.78 is 22.8.